The van der Waals surface area contributed by atoms with E-state index < -0.39 is 0 Å². The van der Waals surface area contributed by atoms with Crippen LogP contribution in [0.25, 0.3) is 0 Å². The van der Waals surface area contributed by atoms with Gasteiger partial charge < -0.3 is 10.1 Å². The predicted octanol–water partition coefficient (Wildman–Crippen LogP) is 0.894. The fraction of sp³-hybridized carbons (Fsp3) is 0.500. The zero-order valence-electron chi connectivity index (χ0n) is 8.27. The maximum absolute atomic E-state index is 9.03. The van der Waals surface area contributed by atoms with Crippen LogP contribution in [-0.4, -0.2) is 34.7 Å². The molecule has 14 heavy (non-hydrogen) atoms. The molecule has 0 radical (unpaired) electrons. The Labute approximate surface area is 83.8 Å². The Balaban J connectivity index is 2.75. The van der Waals surface area contributed by atoms with E-state index in [1.165, 1.54) is 0 Å². The summed E-state index contributed by atoms with van der Waals surface area (Å²) in [4.78, 5) is 4.94. The van der Waals surface area contributed by atoms with Gasteiger partial charge in [-0.25, -0.2) is 0 Å². The highest BCUT2D eigenvalue weighted by Crippen LogP contribution is 2.16. The highest BCUT2D eigenvalue weighted by molar-refractivity contribution is 5.16. The van der Waals surface area contributed by atoms with E-state index in [1.807, 2.05) is 24.0 Å². The van der Waals surface area contributed by atoms with Crippen molar-refractivity contribution in [3.05, 3.63) is 24.0 Å². The van der Waals surface area contributed by atoms with Crippen LogP contribution in [0.4, 0.5) is 0 Å². The van der Waals surface area contributed by atoms with E-state index in [2.05, 4.69) is 11.1 Å². The number of aliphatic hydroxyl groups excluding tert-OH is 1. The molecule has 0 aromatic carbocycles. The van der Waals surface area contributed by atoms with E-state index in [4.69, 9.17) is 10.4 Å². The molecular formula is C10H15N3O. The van der Waals surface area contributed by atoms with Crippen molar-refractivity contribution in [2.45, 2.75) is 13.0 Å². The predicted molar refractivity (Wildman–Crippen MR) is 53.5 cm³/mol. The molecule has 0 spiro atoms. The number of nitriles is 1. The lowest BCUT2D eigenvalue weighted by Gasteiger charge is -2.23. The van der Waals surface area contributed by atoms with Gasteiger partial charge in [0.15, 0.2) is 0 Å². The standard InChI is InChI=1S/C10H15N3O/c1-2-13(6-7-14)10(8-11)9-4-3-5-12-9/h3-5,10,12,14H,2,6-7H2,1H3. The number of likely N-dealkylation sites (N-methyl/N-ethyl adjacent to an activating group) is 1. The van der Waals surface area contributed by atoms with Gasteiger partial charge in [-0.1, -0.05) is 6.92 Å². The number of hydrogen-bond donors (Lipinski definition) is 2. The molecule has 2 N–H and O–H groups in total. The smallest absolute Gasteiger partial charge is 0.138 e. The lowest BCUT2D eigenvalue weighted by molar-refractivity contribution is 0.179. The average molecular weight is 193 g/mol. The Hall–Kier alpha value is -1.31. The van der Waals surface area contributed by atoms with Crippen LogP contribution in [0.5, 0.6) is 0 Å². The van der Waals surface area contributed by atoms with Gasteiger partial charge >= 0.3 is 0 Å². The van der Waals surface area contributed by atoms with Gasteiger partial charge in [-0.05, 0) is 18.7 Å². The van der Waals surface area contributed by atoms with Gasteiger partial charge in [-0.3, -0.25) is 4.90 Å². The third-order valence-electron chi connectivity index (χ3n) is 2.20. The Kier molecular flexibility index (Phi) is 4.17. The summed E-state index contributed by atoms with van der Waals surface area (Å²) >= 11 is 0. The summed E-state index contributed by atoms with van der Waals surface area (Å²) in [6, 6.07) is 5.68. The maximum atomic E-state index is 9.03. The quantitative estimate of drug-likeness (QED) is 0.730. The maximum Gasteiger partial charge on any atom is 0.138 e. The number of aromatic nitrogens is 1. The molecule has 1 aromatic rings. The first kappa shape index (κ1) is 10.8. The van der Waals surface area contributed by atoms with Crippen molar-refractivity contribution in [3.8, 4) is 6.07 Å². The van der Waals surface area contributed by atoms with Gasteiger partial charge in [0, 0.05) is 18.4 Å². The van der Waals surface area contributed by atoms with Crippen molar-refractivity contribution >= 4 is 0 Å². The molecule has 1 rings (SSSR count). The highest BCUT2D eigenvalue weighted by atomic mass is 16.3. The molecule has 1 atom stereocenters. The van der Waals surface area contributed by atoms with E-state index in [-0.39, 0.29) is 12.6 Å². The Morgan fingerprint density at radius 2 is 2.50 bits per heavy atom. The minimum absolute atomic E-state index is 0.0761. The van der Waals surface area contributed by atoms with Crippen molar-refractivity contribution in [2.24, 2.45) is 0 Å². The van der Waals surface area contributed by atoms with Gasteiger partial charge in [0.1, 0.15) is 6.04 Å². The normalized spacial score (nSPS) is 12.7. The van der Waals surface area contributed by atoms with Crippen LogP contribution < -0.4 is 0 Å². The minimum Gasteiger partial charge on any atom is -0.395 e. The minimum atomic E-state index is -0.290. The third kappa shape index (κ3) is 2.34. The first-order valence-corrected chi connectivity index (χ1v) is 4.71. The van der Waals surface area contributed by atoms with E-state index in [0.29, 0.717) is 6.54 Å². The SMILES string of the molecule is CCN(CCO)C(C#N)c1ccc[nH]1. The molecule has 0 bridgehead atoms. The van der Waals surface area contributed by atoms with Crippen molar-refractivity contribution in [2.75, 3.05) is 19.7 Å². The number of H-pyrrole nitrogens is 1. The Morgan fingerprint density at radius 1 is 1.71 bits per heavy atom. The van der Waals surface area contributed by atoms with Crippen LogP contribution in [0.1, 0.15) is 18.7 Å². The number of aromatic amines is 1. The largest absolute Gasteiger partial charge is 0.395 e. The summed E-state index contributed by atoms with van der Waals surface area (Å²) in [5, 5.41) is 17.9. The zero-order valence-corrected chi connectivity index (χ0v) is 8.27. The van der Waals surface area contributed by atoms with Crippen LogP contribution >= 0.6 is 0 Å². The van der Waals surface area contributed by atoms with Crippen molar-refractivity contribution < 1.29 is 5.11 Å². The molecular weight excluding hydrogens is 178 g/mol. The average Bonchev–Trinajstić information content (AvgIpc) is 2.71. The topological polar surface area (TPSA) is 63.0 Å². The summed E-state index contributed by atoms with van der Waals surface area (Å²) in [6.07, 6.45) is 1.80. The fourth-order valence-corrected chi connectivity index (χ4v) is 1.46. The molecule has 0 saturated heterocycles. The summed E-state index contributed by atoms with van der Waals surface area (Å²) < 4.78 is 0. The highest BCUT2D eigenvalue weighted by Gasteiger charge is 2.18. The molecule has 1 aromatic heterocycles. The molecule has 0 saturated carbocycles. The number of aliphatic hydroxyl groups is 1. The summed E-state index contributed by atoms with van der Waals surface area (Å²) in [5.41, 5.74) is 0.878. The van der Waals surface area contributed by atoms with Gasteiger partial charge in [-0.15, -0.1) is 0 Å². The van der Waals surface area contributed by atoms with Crippen LogP contribution in [0.3, 0.4) is 0 Å². The lowest BCUT2D eigenvalue weighted by Crippen LogP contribution is -2.30. The number of nitrogens with zero attached hydrogens (tertiary/aromatic N) is 2. The molecule has 76 valence electrons. The molecule has 0 aliphatic rings. The summed E-state index contributed by atoms with van der Waals surface area (Å²) in [7, 11) is 0. The summed E-state index contributed by atoms with van der Waals surface area (Å²) in [6.45, 7) is 3.32. The molecule has 0 amide bonds. The second kappa shape index (κ2) is 5.43. The van der Waals surface area contributed by atoms with Crippen LogP contribution in [-0.2, 0) is 0 Å². The van der Waals surface area contributed by atoms with Gasteiger partial charge in [0.2, 0.25) is 0 Å². The van der Waals surface area contributed by atoms with Crippen LogP contribution in [0.15, 0.2) is 18.3 Å². The Morgan fingerprint density at radius 3 is 2.93 bits per heavy atom. The molecule has 1 heterocycles. The van der Waals surface area contributed by atoms with Crippen molar-refractivity contribution in [1.29, 1.82) is 5.26 Å². The monoisotopic (exact) mass is 193 g/mol. The van der Waals surface area contributed by atoms with Gasteiger partial charge in [0.25, 0.3) is 0 Å². The zero-order chi connectivity index (χ0) is 10.4. The number of nitrogens with one attached hydrogen (secondary N) is 1. The Bertz CT molecular complexity index is 289. The second-order valence-electron chi connectivity index (χ2n) is 3.01. The first-order valence-electron chi connectivity index (χ1n) is 4.71. The van der Waals surface area contributed by atoms with E-state index in [0.717, 1.165) is 12.2 Å². The molecule has 0 fully saturated rings. The lowest BCUT2D eigenvalue weighted by atomic mass is 10.2. The van der Waals surface area contributed by atoms with Crippen molar-refractivity contribution in [1.82, 2.24) is 9.88 Å². The molecule has 1 unspecified atom stereocenters. The number of hydrogen-bond acceptors (Lipinski definition) is 3. The molecule has 4 heteroatoms. The first-order chi connectivity index (χ1) is 6.83. The van der Waals surface area contributed by atoms with Gasteiger partial charge in [-0.2, -0.15) is 5.26 Å². The van der Waals surface area contributed by atoms with E-state index in [1.54, 1.807) is 6.20 Å². The summed E-state index contributed by atoms with van der Waals surface area (Å²) in [5.74, 6) is 0. The van der Waals surface area contributed by atoms with E-state index in [9.17, 15) is 0 Å². The van der Waals surface area contributed by atoms with Gasteiger partial charge in [0.05, 0.1) is 12.7 Å². The molecule has 0 aliphatic carbocycles. The molecule has 0 aliphatic heterocycles. The second-order valence-corrected chi connectivity index (χ2v) is 3.01. The fourth-order valence-electron chi connectivity index (χ4n) is 1.46. The van der Waals surface area contributed by atoms with Crippen LogP contribution in [0.2, 0.25) is 0 Å². The third-order valence-corrected chi connectivity index (χ3v) is 2.20. The molecule has 4 nitrogen and oxygen atoms in total. The van der Waals surface area contributed by atoms with Crippen molar-refractivity contribution in [3.63, 3.8) is 0 Å². The van der Waals surface area contributed by atoms with E-state index >= 15 is 0 Å². The number of rotatable bonds is 5. The van der Waals surface area contributed by atoms with Crippen LogP contribution in [0, 0.1) is 11.3 Å².